The van der Waals surface area contributed by atoms with Crippen LogP contribution in [0.25, 0.3) is 0 Å². The van der Waals surface area contributed by atoms with Crippen LogP contribution in [-0.2, 0) is 11.3 Å². The molecule has 0 saturated heterocycles. The van der Waals surface area contributed by atoms with Crippen LogP contribution in [-0.4, -0.2) is 18.4 Å². The summed E-state index contributed by atoms with van der Waals surface area (Å²) in [6.45, 7) is 0.0912. The van der Waals surface area contributed by atoms with E-state index >= 15 is 0 Å². The van der Waals surface area contributed by atoms with Crippen molar-refractivity contribution in [2.75, 3.05) is 6.61 Å². The van der Waals surface area contributed by atoms with Crippen molar-refractivity contribution in [3.8, 4) is 5.75 Å². The van der Waals surface area contributed by atoms with Gasteiger partial charge in [-0.25, -0.2) is 4.79 Å². The molecule has 142 valence electrons. The number of hydrogen-bond donors (Lipinski definition) is 0. The van der Waals surface area contributed by atoms with Crippen molar-refractivity contribution in [2.45, 2.75) is 6.61 Å². The highest BCUT2D eigenvalue weighted by atomic mass is 79.9. The average molecular weight is 504 g/mol. The number of rotatable bonds is 7. The molecule has 0 heterocycles. The van der Waals surface area contributed by atoms with Crippen molar-refractivity contribution in [2.24, 2.45) is 0 Å². The first-order valence-corrected chi connectivity index (χ1v) is 10.0. The van der Waals surface area contributed by atoms with Crippen LogP contribution in [0.1, 0.15) is 26.3 Å². The van der Waals surface area contributed by atoms with Crippen LogP contribution in [0.5, 0.6) is 5.75 Å². The molecule has 0 atom stereocenters. The fourth-order valence-electron chi connectivity index (χ4n) is 2.37. The first-order chi connectivity index (χ1) is 13.5. The molecule has 3 aromatic carbocycles. The summed E-state index contributed by atoms with van der Waals surface area (Å²) in [6.07, 6.45) is 0. The first-order valence-electron chi connectivity index (χ1n) is 8.44. The predicted molar refractivity (Wildman–Crippen MR) is 114 cm³/mol. The van der Waals surface area contributed by atoms with Crippen LogP contribution < -0.4 is 4.74 Å². The van der Waals surface area contributed by atoms with Crippen LogP contribution in [0, 0.1) is 0 Å². The zero-order chi connectivity index (χ0) is 19.9. The van der Waals surface area contributed by atoms with Gasteiger partial charge in [-0.1, -0.05) is 56.1 Å². The number of benzene rings is 3. The fourth-order valence-corrected chi connectivity index (χ4v) is 2.90. The van der Waals surface area contributed by atoms with Gasteiger partial charge in [-0.05, 0) is 54.1 Å². The second-order valence-electron chi connectivity index (χ2n) is 5.95. The van der Waals surface area contributed by atoms with Gasteiger partial charge < -0.3 is 9.47 Å². The lowest BCUT2D eigenvalue weighted by molar-refractivity contribution is 0.0474. The molecular weight excluding hydrogens is 488 g/mol. The molecule has 0 aromatic heterocycles. The van der Waals surface area contributed by atoms with Crippen LogP contribution in [0.3, 0.4) is 0 Å². The first kappa shape index (κ1) is 20.3. The highest BCUT2D eigenvalue weighted by Gasteiger charge is 2.12. The molecule has 0 aliphatic carbocycles. The van der Waals surface area contributed by atoms with Crippen molar-refractivity contribution in [1.82, 2.24) is 0 Å². The summed E-state index contributed by atoms with van der Waals surface area (Å²) in [7, 11) is 0. The largest absolute Gasteiger partial charge is 0.489 e. The molecule has 6 heteroatoms. The maximum absolute atomic E-state index is 12.1. The minimum atomic E-state index is -0.536. The van der Waals surface area contributed by atoms with Crippen molar-refractivity contribution < 1.29 is 19.1 Å². The number of halogens is 2. The second-order valence-corrected chi connectivity index (χ2v) is 7.78. The third-order valence-corrected chi connectivity index (χ3v) is 4.97. The molecule has 3 rings (SSSR count). The second kappa shape index (κ2) is 9.66. The van der Waals surface area contributed by atoms with Gasteiger partial charge in [0.2, 0.25) is 0 Å². The van der Waals surface area contributed by atoms with E-state index in [1.165, 1.54) is 0 Å². The molecule has 0 N–H and O–H groups in total. The molecular formula is C22H16Br2O4. The fraction of sp³-hybridized carbons (Fsp3) is 0.0909. The minimum absolute atomic E-state index is 0.250. The number of carbonyl (C=O) groups excluding carboxylic acids is 2. The lowest BCUT2D eigenvalue weighted by Gasteiger charge is -2.08. The monoisotopic (exact) mass is 502 g/mol. The third-order valence-electron chi connectivity index (χ3n) is 3.91. The van der Waals surface area contributed by atoms with E-state index in [1.54, 1.807) is 48.5 Å². The highest BCUT2D eigenvalue weighted by molar-refractivity contribution is 9.10. The van der Waals surface area contributed by atoms with E-state index in [0.717, 1.165) is 20.3 Å². The van der Waals surface area contributed by atoms with Gasteiger partial charge in [0.15, 0.2) is 12.4 Å². The van der Waals surface area contributed by atoms with Crippen LogP contribution in [0.15, 0.2) is 81.7 Å². The predicted octanol–water partition coefficient (Wildman–Crippen LogP) is 5.83. The molecule has 3 aromatic rings. The van der Waals surface area contributed by atoms with Gasteiger partial charge >= 0.3 is 5.97 Å². The summed E-state index contributed by atoms with van der Waals surface area (Å²) in [5, 5.41) is 0. The summed E-state index contributed by atoms with van der Waals surface area (Å²) in [5.41, 5.74) is 1.80. The Morgan fingerprint density at radius 2 is 1.25 bits per heavy atom. The number of ketones is 1. The van der Waals surface area contributed by atoms with E-state index in [9.17, 15) is 9.59 Å². The summed E-state index contributed by atoms with van der Waals surface area (Å²) in [5.74, 6) is -0.0238. The van der Waals surface area contributed by atoms with Crippen molar-refractivity contribution in [3.05, 3.63) is 98.4 Å². The molecule has 28 heavy (non-hydrogen) atoms. The zero-order valence-electron chi connectivity index (χ0n) is 14.7. The molecule has 0 aliphatic rings. The quantitative estimate of drug-likeness (QED) is 0.300. The van der Waals surface area contributed by atoms with Gasteiger partial charge in [-0.3, -0.25) is 4.79 Å². The maximum atomic E-state index is 12.1. The van der Waals surface area contributed by atoms with Crippen molar-refractivity contribution >= 4 is 43.6 Å². The molecule has 0 saturated carbocycles. The van der Waals surface area contributed by atoms with Crippen molar-refractivity contribution in [3.63, 3.8) is 0 Å². The van der Waals surface area contributed by atoms with Crippen LogP contribution in [0.4, 0.5) is 0 Å². The van der Waals surface area contributed by atoms with Gasteiger partial charge in [-0.2, -0.15) is 0 Å². The number of hydrogen-bond acceptors (Lipinski definition) is 4. The van der Waals surface area contributed by atoms with E-state index in [4.69, 9.17) is 9.47 Å². The van der Waals surface area contributed by atoms with E-state index in [0.29, 0.717) is 17.7 Å². The Balaban J connectivity index is 1.51. The molecule has 0 aliphatic heterocycles. The van der Waals surface area contributed by atoms with Gasteiger partial charge in [0.25, 0.3) is 0 Å². The standard InChI is InChI=1S/C22H16Br2O4/c23-18-7-5-16(6-8-18)21(25)14-28-22(26)17-3-1-15(2-4-17)13-27-20-11-9-19(24)10-12-20/h1-12H,13-14H2. The molecule has 0 radical (unpaired) electrons. The molecule has 0 fully saturated rings. The Kier molecular flexibility index (Phi) is 7.01. The van der Waals surface area contributed by atoms with Gasteiger partial charge in [-0.15, -0.1) is 0 Å². The van der Waals surface area contributed by atoms with Gasteiger partial charge in [0.1, 0.15) is 12.4 Å². The Morgan fingerprint density at radius 1 is 0.714 bits per heavy atom. The van der Waals surface area contributed by atoms with Gasteiger partial charge in [0, 0.05) is 14.5 Å². The molecule has 0 amide bonds. The van der Waals surface area contributed by atoms with E-state index in [2.05, 4.69) is 31.9 Å². The van der Waals surface area contributed by atoms with E-state index < -0.39 is 5.97 Å². The molecule has 0 spiro atoms. The Bertz CT molecular complexity index is 949. The van der Waals surface area contributed by atoms with Gasteiger partial charge in [0.05, 0.1) is 5.56 Å². The average Bonchev–Trinajstić information content (AvgIpc) is 2.72. The SMILES string of the molecule is O=C(COC(=O)c1ccc(COc2ccc(Br)cc2)cc1)c1ccc(Br)cc1. The molecule has 0 unspecified atom stereocenters. The summed E-state index contributed by atoms with van der Waals surface area (Å²) < 4.78 is 12.7. The number of ether oxygens (including phenoxy) is 2. The third kappa shape index (κ3) is 5.78. The number of esters is 1. The smallest absolute Gasteiger partial charge is 0.338 e. The molecule has 4 nitrogen and oxygen atoms in total. The lowest BCUT2D eigenvalue weighted by atomic mass is 10.1. The number of carbonyl (C=O) groups is 2. The van der Waals surface area contributed by atoms with E-state index in [-0.39, 0.29) is 12.4 Å². The maximum Gasteiger partial charge on any atom is 0.338 e. The lowest BCUT2D eigenvalue weighted by Crippen LogP contribution is -2.14. The van der Waals surface area contributed by atoms with E-state index in [1.807, 2.05) is 24.3 Å². The topological polar surface area (TPSA) is 52.6 Å². The number of Topliss-reactive ketones (excluding diaryl/α,β-unsaturated/α-hetero) is 1. The summed E-state index contributed by atoms with van der Waals surface area (Å²) >= 11 is 6.69. The Hall–Kier alpha value is -2.44. The van der Waals surface area contributed by atoms with Crippen molar-refractivity contribution in [1.29, 1.82) is 0 Å². The summed E-state index contributed by atoms with van der Waals surface area (Å²) in [6, 6.07) is 21.4. The summed E-state index contributed by atoms with van der Waals surface area (Å²) in [4.78, 5) is 24.2. The zero-order valence-corrected chi connectivity index (χ0v) is 17.9. The molecule has 0 bridgehead atoms. The van der Waals surface area contributed by atoms with Crippen LogP contribution in [0.2, 0.25) is 0 Å². The van der Waals surface area contributed by atoms with Crippen LogP contribution >= 0.6 is 31.9 Å². The minimum Gasteiger partial charge on any atom is -0.489 e. The Labute approximate surface area is 179 Å². The highest BCUT2D eigenvalue weighted by Crippen LogP contribution is 2.18. The Morgan fingerprint density at radius 3 is 1.86 bits per heavy atom. The normalized spacial score (nSPS) is 10.4.